The standard InChI is InChI=1S/C19H23N3O2S/c1-14-6-3-8-17(15(14)2)24-18-16(7-4-9-20-18)21-19(23)22-10-5-12-25-13-11-22/h3-4,6-9H,5,10-13H2,1-2H3,(H,21,23). The summed E-state index contributed by atoms with van der Waals surface area (Å²) in [5.41, 5.74) is 2.81. The first-order valence-electron chi connectivity index (χ1n) is 8.48. The highest BCUT2D eigenvalue weighted by atomic mass is 32.2. The first-order chi connectivity index (χ1) is 12.1. The van der Waals surface area contributed by atoms with Crippen LogP contribution in [0.1, 0.15) is 17.5 Å². The second kappa shape index (κ2) is 8.25. The van der Waals surface area contributed by atoms with Gasteiger partial charge < -0.3 is 15.0 Å². The summed E-state index contributed by atoms with van der Waals surface area (Å²) in [6.45, 7) is 5.61. The quantitative estimate of drug-likeness (QED) is 0.881. The lowest BCUT2D eigenvalue weighted by Crippen LogP contribution is -2.36. The van der Waals surface area contributed by atoms with Crippen molar-refractivity contribution >= 4 is 23.5 Å². The molecule has 0 bridgehead atoms. The molecule has 1 aromatic carbocycles. The number of urea groups is 1. The van der Waals surface area contributed by atoms with Crippen LogP contribution in [0.25, 0.3) is 0 Å². The van der Waals surface area contributed by atoms with Crippen LogP contribution in [-0.4, -0.2) is 40.5 Å². The molecule has 0 saturated carbocycles. The van der Waals surface area contributed by atoms with Gasteiger partial charge in [0.15, 0.2) is 0 Å². The van der Waals surface area contributed by atoms with E-state index in [1.165, 1.54) is 0 Å². The van der Waals surface area contributed by atoms with E-state index in [0.29, 0.717) is 11.6 Å². The summed E-state index contributed by atoms with van der Waals surface area (Å²) in [6.07, 6.45) is 2.69. The predicted molar refractivity (Wildman–Crippen MR) is 103 cm³/mol. The summed E-state index contributed by atoms with van der Waals surface area (Å²) in [4.78, 5) is 18.7. The van der Waals surface area contributed by atoms with Gasteiger partial charge in [-0.3, -0.25) is 0 Å². The maximum atomic E-state index is 12.6. The molecule has 0 aliphatic carbocycles. The largest absolute Gasteiger partial charge is 0.437 e. The van der Waals surface area contributed by atoms with E-state index < -0.39 is 0 Å². The van der Waals surface area contributed by atoms with Gasteiger partial charge in [-0.1, -0.05) is 12.1 Å². The SMILES string of the molecule is Cc1cccc(Oc2ncccc2NC(=O)N2CCCSCC2)c1C. The molecular formula is C19H23N3O2S. The molecule has 2 aromatic rings. The Bertz CT molecular complexity index is 743. The summed E-state index contributed by atoms with van der Waals surface area (Å²) >= 11 is 1.89. The Labute approximate surface area is 152 Å². The minimum absolute atomic E-state index is 0.0960. The molecule has 2 heterocycles. The van der Waals surface area contributed by atoms with Gasteiger partial charge in [0.2, 0.25) is 5.88 Å². The number of amides is 2. The molecule has 1 aromatic heterocycles. The zero-order valence-corrected chi connectivity index (χ0v) is 15.4. The van der Waals surface area contributed by atoms with E-state index in [1.54, 1.807) is 12.3 Å². The Hall–Kier alpha value is -2.21. The van der Waals surface area contributed by atoms with Gasteiger partial charge in [-0.05, 0) is 55.3 Å². The summed E-state index contributed by atoms with van der Waals surface area (Å²) in [5, 5.41) is 2.95. The van der Waals surface area contributed by atoms with E-state index >= 15 is 0 Å². The van der Waals surface area contributed by atoms with Gasteiger partial charge >= 0.3 is 6.03 Å². The van der Waals surface area contributed by atoms with E-state index in [1.807, 2.05) is 54.8 Å². The maximum absolute atomic E-state index is 12.6. The van der Waals surface area contributed by atoms with Crippen LogP contribution in [0.3, 0.4) is 0 Å². The Balaban J connectivity index is 1.76. The van der Waals surface area contributed by atoms with Crippen LogP contribution in [0.5, 0.6) is 11.6 Å². The van der Waals surface area contributed by atoms with Crippen molar-refractivity contribution in [2.75, 3.05) is 29.9 Å². The monoisotopic (exact) mass is 357 g/mol. The van der Waals surface area contributed by atoms with Crippen molar-refractivity contribution in [2.24, 2.45) is 0 Å². The van der Waals surface area contributed by atoms with Crippen molar-refractivity contribution in [2.45, 2.75) is 20.3 Å². The van der Waals surface area contributed by atoms with Crippen LogP contribution >= 0.6 is 11.8 Å². The highest BCUT2D eigenvalue weighted by Crippen LogP contribution is 2.30. The molecule has 132 valence electrons. The smallest absolute Gasteiger partial charge is 0.322 e. The first-order valence-corrected chi connectivity index (χ1v) is 9.63. The summed E-state index contributed by atoms with van der Waals surface area (Å²) in [7, 11) is 0. The second-order valence-electron chi connectivity index (χ2n) is 6.04. The van der Waals surface area contributed by atoms with Crippen LogP contribution in [0, 0.1) is 13.8 Å². The molecule has 5 nitrogen and oxygen atoms in total. The van der Waals surface area contributed by atoms with Gasteiger partial charge in [0.05, 0.1) is 0 Å². The fourth-order valence-corrected chi connectivity index (χ4v) is 3.54. The molecule has 1 N–H and O–H groups in total. The van der Waals surface area contributed by atoms with Crippen molar-refractivity contribution in [1.82, 2.24) is 9.88 Å². The Morgan fingerprint density at radius 1 is 1.20 bits per heavy atom. The van der Waals surface area contributed by atoms with Crippen LogP contribution in [-0.2, 0) is 0 Å². The highest BCUT2D eigenvalue weighted by Gasteiger charge is 2.18. The van der Waals surface area contributed by atoms with Crippen LogP contribution in [0.4, 0.5) is 10.5 Å². The third-order valence-electron chi connectivity index (χ3n) is 4.28. The average molecular weight is 357 g/mol. The number of hydrogen-bond donors (Lipinski definition) is 1. The normalized spacial score (nSPS) is 14.7. The van der Waals surface area contributed by atoms with E-state index in [0.717, 1.165) is 47.9 Å². The average Bonchev–Trinajstić information content (AvgIpc) is 2.90. The zero-order chi connectivity index (χ0) is 17.6. The number of nitrogens with zero attached hydrogens (tertiary/aromatic N) is 2. The predicted octanol–water partition coefficient (Wildman–Crippen LogP) is 4.46. The van der Waals surface area contributed by atoms with Crippen molar-refractivity contribution in [3.8, 4) is 11.6 Å². The van der Waals surface area contributed by atoms with Gasteiger partial charge in [0.1, 0.15) is 11.4 Å². The van der Waals surface area contributed by atoms with E-state index in [2.05, 4.69) is 10.3 Å². The molecule has 0 radical (unpaired) electrons. The number of thioether (sulfide) groups is 1. The number of benzene rings is 1. The molecule has 25 heavy (non-hydrogen) atoms. The number of pyridine rings is 1. The topological polar surface area (TPSA) is 54.5 Å². The Kier molecular flexibility index (Phi) is 5.81. The molecule has 1 aliphatic rings. The number of anilines is 1. The minimum atomic E-state index is -0.0960. The van der Waals surface area contributed by atoms with Crippen LogP contribution < -0.4 is 10.1 Å². The van der Waals surface area contributed by atoms with Gasteiger partial charge in [0.25, 0.3) is 0 Å². The summed E-state index contributed by atoms with van der Waals surface area (Å²) in [6, 6.07) is 9.42. The van der Waals surface area contributed by atoms with Gasteiger partial charge in [-0.2, -0.15) is 11.8 Å². The van der Waals surface area contributed by atoms with Crippen molar-refractivity contribution < 1.29 is 9.53 Å². The van der Waals surface area contributed by atoms with Crippen molar-refractivity contribution in [3.05, 3.63) is 47.7 Å². The first kappa shape index (κ1) is 17.6. The van der Waals surface area contributed by atoms with E-state index in [9.17, 15) is 4.79 Å². The molecule has 1 fully saturated rings. The molecular weight excluding hydrogens is 334 g/mol. The van der Waals surface area contributed by atoms with E-state index in [4.69, 9.17) is 4.74 Å². The number of carbonyl (C=O) groups excluding carboxylic acids is 1. The number of aromatic nitrogens is 1. The van der Waals surface area contributed by atoms with Crippen molar-refractivity contribution in [3.63, 3.8) is 0 Å². The van der Waals surface area contributed by atoms with E-state index in [-0.39, 0.29) is 6.03 Å². The fraction of sp³-hybridized carbons (Fsp3) is 0.368. The van der Waals surface area contributed by atoms with Gasteiger partial charge in [-0.25, -0.2) is 9.78 Å². The molecule has 1 saturated heterocycles. The number of nitrogens with one attached hydrogen (secondary N) is 1. The van der Waals surface area contributed by atoms with Crippen molar-refractivity contribution in [1.29, 1.82) is 0 Å². The Morgan fingerprint density at radius 2 is 2.08 bits per heavy atom. The second-order valence-corrected chi connectivity index (χ2v) is 7.26. The summed E-state index contributed by atoms with van der Waals surface area (Å²) in [5.74, 6) is 3.25. The molecule has 1 aliphatic heterocycles. The number of ether oxygens (including phenoxy) is 1. The molecule has 0 unspecified atom stereocenters. The van der Waals surface area contributed by atoms with Crippen LogP contribution in [0.2, 0.25) is 0 Å². The lowest BCUT2D eigenvalue weighted by molar-refractivity contribution is 0.215. The Morgan fingerprint density at radius 3 is 2.96 bits per heavy atom. The number of aryl methyl sites for hydroxylation is 1. The highest BCUT2D eigenvalue weighted by molar-refractivity contribution is 7.99. The van der Waals surface area contributed by atoms with Crippen LogP contribution in [0.15, 0.2) is 36.5 Å². The third kappa shape index (κ3) is 4.45. The van der Waals surface area contributed by atoms with Gasteiger partial charge in [0, 0.05) is 25.0 Å². The number of rotatable bonds is 3. The summed E-state index contributed by atoms with van der Waals surface area (Å²) < 4.78 is 5.99. The third-order valence-corrected chi connectivity index (χ3v) is 5.33. The molecule has 6 heteroatoms. The van der Waals surface area contributed by atoms with Gasteiger partial charge in [-0.15, -0.1) is 0 Å². The molecule has 0 spiro atoms. The molecule has 2 amide bonds. The zero-order valence-electron chi connectivity index (χ0n) is 14.6. The minimum Gasteiger partial charge on any atom is -0.437 e. The number of hydrogen-bond acceptors (Lipinski definition) is 4. The lowest BCUT2D eigenvalue weighted by atomic mass is 10.1. The molecule has 0 atom stereocenters. The number of carbonyl (C=O) groups is 1. The maximum Gasteiger partial charge on any atom is 0.322 e. The fourth-order valence-electron chi connectivity index (χ4n) is 2.65. The molecule has 3 rings (SSSR count). The lowest BCUT2D eigenvalue weighted by Gasteiger charge is -2.21.